The third-order valence-electron chi connectivity index (χ3n) is 2.60. The third kappa shape index (κ3) is 1.66. The van der Waals surface area contributed by atoms with Crippen molar-refractivity contribution in [2.45, 2.75) is 43.9 Å². The molecule has 0 aromatic carbocycles. The number of hydrogen-bond acceptors (Lipinski definition) is 1. The summed E-state index contributed by atoms with van der Waals surface area (Å²) in [6.07, 6.45) is 2.67. The Kier molecular flexibility index (Phi) is 2.45. The lowest BCUT2D eigenvalue weighted by molar-refractivity contribution is 0.802. The van der Waals surface area contributed by atoms with Crippen LogP contribution < -0.4 is 0 Å². The molecule has 1 aliphatic rings. The number of H-pyrrole nitrogens is 1. The molecule has 0 amide bonds. The molecule has 0 unspecified atom stereocenters. The fourth-order valence-electron chi connectivity index (χ4n) is 1.72. The minimum Gasteiger partial charge on any atom is -0.282 e. The summed E-state index contributed by atoms with van der Waals surface area (Å²) in [6.45, 7) is 4.39. The average molecular weight is 243 g/mol. The zero-order chi connectivity index (χ0) is 9.42. The predicted molar refractivity (Wildman–Crippen MR) is 57.3 cm³/mol. The van der Waals surface area contributed by atoms with E-state index in [4.69, 9.17) is 0 Å². The Labute approximate surface area is 87.2 Å². The number of nitrogens with one attached hydrogen (secondary N) is 1. The van der Waals surface area contributed by atoms with Crippen molar-refractivity contribution in [3.05, 3.63) is 17.0 Å². The number of alkyl halides is 1. The lowest BCUT2D eigenvalue weighted by Crippen LogP contribution is -1.93. The Morgan fingerprint density at radius 2 is 2.23 bits per heavy atom. The van der Waals surface area contributed by atoms with Crippen LogP contribution in [0.15, 0.2) is 0 Å². The molecule has 0 bridgehead atoms. The Morgan fingerprint density at radius 3 is 2.69 bits per heavy atom. The summed E-state index contributed by atoms with van der Waals surface area (Å²) in [5.41, 5.74) is 4.01. The van der Waals surface area contributed by atoms with Crippen LogP contribution in [0, 0.1) is 0 Å². The maximum Gasteiger partial charge on any atom is 0.0690 e. The van der Waals surface area contributed by atoms with Crippen LogP contribution in [0.2, 0.25) is 0 Å². The standard InChI is InChI=1S/C10H15BrN2/c1-6(2)9-8(5-11)10(13-12-9)7-3-4-7/h6-7H,3-5H2,1-2H3,(H,12,13). The first-order valence-electron chi connectivity index (χ1n) is 4.87. The maximum atomic E-state index is 4.39. The molecule has 1 aromatic heterocycles. The van der Waals surface area contributed by atoms with E-state index in [0.717, 1.165) is 11.2 Å². The van der Waals surface area contributed by atoms with E-state index in [9.17, 15) is 0 Å². The molecular weight excluding hydrogens is 228 g/mol. The number of rotatable bonds is 3. The van der Waals surface area contributed by atoms with E-state index in [1.54, 1.807) is 0 Å². The highest BCUT2D eigenvalue weighted by atomic mass is 79.9. The van der Waals surface area contributed by atoms with Gasteiger partial charge in [0, 0.05) is 22.5 Å². The van der Waals surface area contributed by atoms with E-state index < -0.39 is 0 Å². The SMILES string of the molecule is CC(C)c1n[nH]c(C2CC2)c1CBr. The van der Waals surface area contributed by atoms with Crippen molar-refractivity contribution in [3.8, 4) is 0 Å². The molecule has 1 heterocycles. The van der Waals surface area contributed by atoms with Gasteiger partial charge in [0.15, 0.2) is 0 Å². The molecule has 1 fully saturated rings. The number of halogens is 1. The zero-order valence-electron chi connectivity index (χ0n) is 8.10. The summed E-state index contributed by atoms with van der Waals surface area (Å²) in [4.78, 5) is 0. The van der Waals surface area contributed by atoms with Gasteiger partial charge in [-0.1, -0.05) is 29.8 Å². The summed E-state index contributed by atoms with van der Waals surface area (Å²) in [6, 6.07) is 0. The van der Waals surface area contributed by atoms with E-state index in [0.29, 0.717) is 5.92 Å². The van der Waals surface area contributed by atoms with Crippen LogP contribution in [-0.4, -0.2) is 10.2 Å². The van der Waals surface area contributed by atoms with E-state index in [2.05, 4.69) is 40.0 Å². The minimum atomic E-state index is 0.524. The van der Waals surface area contributed by atoms with E-state index in [-0.39, 0.29) is 0 Å². The lowest BCUT2D eigenvalue weighted by Gasteiger charge is -2.03. The molecule has 1 aliphatic carbocycles. The molecule has 72 valence electrons. The van der Waals surface area contributed by atoms with Gasteiger partial charge in [-0.2, -0.15) is 5.10 Å². The minimum absolute atomic E-state index is 0.524. The van der Waals surface area contributed by atoms with Crippen molar-refractivity contribution < 1.29 is 0 Å². The molecule has 2 nitrogen and oxygen atoms in total. The van der Waals surface area contributed by atoms with Crippen LogP contribution in [0.25, 0.3) is 0 Å². The molecule has 1 N–H and O–H groups in total. The molecule has 0 atom stereocenters. The highest BCUT2D eigenvalue weighted by molar-refractivity contribution is 9.08. The van der Waals surface area contributed by atoms with Crippen molar-refractivity contribution in [1.29, 1.82) is 0 Å². The Hall–Kier alpha value is -0.310. The Balaban J connectivity index is 2.35. The van der Waals surface area contributed by atoms with Crippen LogP contribution in [-0.2, 0) is 5.33 Å². The van der Waals surface area contributed by atoms with E-state index >= 15 is 0 Å². The van der Waals surface area contributed by atoms with Gasteiger partial charge in [0.25, 0.3) is 0 Å². The summed E-state index contributed by atoms with van der Waals surface area (Å²) in [5, 5.41) is 8.51. The quantitative estimate of drug-likeness (QED) is 0.810. The summed E-state index contributed by atoms with van der Waals surface area (Å²) in [7, 11) is 0. The second-order valence-electron chi connectivity index (χ2n) is 4.06. The van der Waals surface area contributed by atoms with Crippen molar-refractivity contribution in [3.63, 3.8) is 0 Å². The predicted octanol–water partition coefficient (Wildman–Crippen LogP) is 3.31. The first kappa shape index (κ1) is 9.25. The number of aromatic nitrogens is 2. The first-order valence-corrected chi connectivity index (χ1v) is 5.99. The van der Waals surface area contributed by atoms with Crippen molar-refractivity contribution in [2.75, 3.05) is 0 Å². The molecule has 1 saturated carbocycles. The van der Waals surface area contributed by atoms with Crippen molar-refractivity contribution >= 4 is 15.9 Å². The van der Waals surface area contributed by atoms with Gasteiger partial charge in [0.2, 0.25) is 0 Å². The lowest BCUT2D eigenvalue weighted by atomic mass is 10.0. The molecule has 13 heavy (non-hydrogen) atoms. The smallest absolute Gasteiger partial charge is 0.0690 e. The first-order chi connectivity index (χ1) is 6.24. The van der Waals surface area contributed by atoms with Crippen LogP contribution in [0.1, 0.15) is 55.5 Å². The molecule has 0 radical (unpaired) electrons. The fourth-order valence-corrected chi connectivity index (χ4v) is 2.31. The van der Waals surface area contributed by atoms with Crippen LogP contribution >= 0.6 is 15.9 Å². The molecular formula is C10H15BrN2. The molecule has 1 aromatic rings. The summed E-state index contributed by atoms with van der Waals surface area (Å²) in [5.74, 6) is 1.30. The third-order valence-corrected chi connectivity index (χ3v) is 3.16. The average Bonchev–Trinajstić information content (AvgIpc) is 2.84. The van der Waals surface area contributed by atoms with Crippen LogP contribution in [0.4, 0.5) is 0 Å². The van der Waals surface area contributed by atoms with Crippen molar-refractivity contribution in [1.82, 2.24) is 10.2 Å². The highest BCUT2D eigenvalue weighted by Crippen LogP contribution is 2.42. The number of hydrogen-bond donors (Lipinski definition) is 1. The molecule has 0 spiro atoms. The van der Waals surface area contributed by atoms with Gasteiger partial charge in [-0.05, 0) is 18.8 Å². The van der Waals surface area contributed by atoms with Crippen LogP contribution in [0.5, 0.6) is 0 Å². The Bertz CT molecular complexity index is 280. The largest absolute Gasteiger partial charge is 0.282 e. The van der Waals surface area contributed by atoms with Gasteiger partial charge >= 0.3 is 0 Å². The highest BCUT2D eigenvalue weighted by Gasteiger charge is 2.29. The topological polar surface area (TPSA) is 28.7 Å². The Morgan fingerprint density at radius 1 is 1.54 bits per heavy atom. The number of nitrogens with zero attached hydrogens (tertiary/aromatic N) is 1. The monoisotopic (exact) mass is 242 g/mol. The molecule has 0 saturated heterocycles. The normalized spacial score (nSPS) is 16.9. The fraction of sp³-hybridized carbons (Fsp3) is 0.700. The van der Waals surface area contributed by atoms with Gasteiger partial charge in [-0.15, -0.1) is 0 Å². The second-order valence-corrected chi connectivity index (χ2v) is 4.62. The van der Waals surface area contributed by atoms with E-state index in [1.807, 2.05) is 0 Å². The van der Waals surface area contributed by atoms with E-state index in [1.165, 1.54) is 29.8 Å². The van der Waals surface area contributed by atoms with Crippen LogP contribution in [0.3, 0.4) is 0 Å². The van der Waals surface area contributed by atoms with Gasteiger partial charge in [0.1, 0.15) is 0 Å². The van der Waals surface area contributed by atoms with Crippen molar-refractivity contribution in [2.24, 2.45) is 0 Å². The van der Waals surface area contributed by atoms with Gasteiger partial charge in [-0.25, -0.2) is 0 Å². The number of aromatic amines is 1. The summed E-state index contributed by atoms with van der Waals surface area (Å²) >= 11 is 3.54. The molecule has 3 heteroatoms. The summed E-state index contributed by atoms with van der Waals surface area (Å²) < 4.78 is 0. The van der Waals surface area contributed by atoms with Gasteiger partial charge < -0.3 is 0 Å². The van der Waals surface area contributed by atoms with Gasteiger partial charge in [0.05, 0.1) is 5.69 Å². The molecule has 0 aliphatic heterocycles. The molecule has 2 rings (SSSR count). The zero-order valence-corrected chi connectivity index (χ0v) is 9.69. The van der Waals surface area contributed by atoms with Gasteiger partial charge in [-0.3, -0.25) is 5.10 Å². The second kappa shape index (κ2) is 3.45. The maximum absolute atomic E-state index is 4.39.